The van der Waals surface area contributed by atoms with E-state index in [1.54, 1.807) is 0 Å². The number of hydrogen-bond acceptors (Lipinski definition) is 2. The largest absolute Gasteiger partial charge is 0.659 e. The zero-order valence-corrected chi connectivity index (χ0v) is 14.8. The van der Waals surface area contributed by atoms with E-state index in [-0.39, 0.29) is 45.6 Å². The van der Waals surface area contributed by atoms with Crippen molar-refractivity contribution in [1.29, 1.82) is 0 Å². The minimum absolute atomic E-state index is 0. The molecule has 0 spiro atoms. The maximum Gasteiger partial charge on any atom is 0.490 e. The van der Waals surface area contributed by atoms with Gasteiger partial charge in [-0.1, -0.05) is 6.42 Å². The van der Waals surface area contributed by atoms with Crippen LogP contribution in [0.5, 0.6) is 0 Å². The van der Waals surface area contributed by atoms with Gasteiger partial charge in [0.15, 0.2) is 0 Å². The first-order chi connectivity index (χ1) is 6.92. The average molecular weight is 321 g/mol. The van der Waals surface area contributed by atoms with Gasteiger partial charge in [-0.15, -0.1) is 19.2 Å². The van der Waals surface area contributed by atoms with Gasteiger partial charge in [-0.05, 0) is 33.2 Å². The van der Waals surface area contributed by atoms with Gasteiger partial charge in [0.1, 0.15) is 0 Å². The molecule has 0 bridgehead atoms. The fraction of sp³-hybridized carbons (Fsp3) is 0.818. The minimum Gasteiger partial charge on any atom is -0.659 e. The van der Waals surface area contributed by atoms with Crippen molar-refractivity contribution >= 4 is 7.12 Å². The van der Waals surface area contributed by atoms with Gasteiger partial charge in [-0.2, -0.15) is 0 Å². The van der Waals surface area contributed by atoms with Crippen LogP contribution in [0.4, 0.5) is 0 Å². The molecule has 0 aliphatic carbocycles. The van der Waals surface area contributed by atoms with Crippen LogP contribution in [0.25, 0.3) is 5.32 Å². The van der Waals surface area contributed by atoms with E-state index < -0.39 is 0 Å². The summed E-state index contributed by atoms with van der Waals surface area (Å²) in [4.78, 5) is 0. The Morgan fingerprint density at radius 3 is 2.19 bits per heavy atom. The van der Waals surface area contributed by atoms with Crippen LogP contribution >= 0.6 is 0 Å². The maximum absolute atomic E-state index is 5.97. The molecule has 0 N–H and O–H groups in total. The molecule has 1 saturated heterocycles. The van der Waals surface area contributed by atoms with Gasteiger partial charge in [0.05, 0.1) is 11.2 Å². The van der Waals surface area contributed by atoms with Crippen LogP contribution in [0, 0.1) is 0 Å². The van der Waals surface area contributed by atoms with Gasteiger partial charge >= 0.3 is 7.12 Å². The van der Waals surface area contributed by atoms with Gasteiger partial charge in [0, 0.05) is 27.3 Å². The number of nitrogens with zero attached hydrogens (tertiary/aromatic N) is 1. The molecule has 2 rings (SSSR count). The number of hydrogen-bond donors (Lipinski definition) is 0. The molecule has 2 aliphatic rings. The Morgan fingerprint density at radius 2 is 1.75 bits per heavy atom. The molecule has 3 nitrogen and oxygen atoms in total. The van der Waals surface area contributed by atoms with E-state index in [1.807, 2.05) is 0 Å². The summed E-state index contributed by atoms with van der Waals surface area (Å²) in [5.74, 6) is 0. The Bertz CT molecular complexity index is 276. The van der Waals surface area contributed by atoms with Crippen LogP contribution in [0.1, 0.15) is 34.1 Å². The molecule has 0 radical (unpaired) electrons. The Hall–Kier alpha value is 0.607. The molecule has 2 heterocycles. The molecule has 0 atom stereocenters. The summed E-state index contributed by atoms with van der Waals surface area (Å²) in [6.45, 7) is 10.0. The van der Waals surface area contributed by atoms with E-state index in [2.05, 4.69) is 39.1 Å². The average Bonchev–Trinajstić information content (AvgIpc) is 2.38. The van der Waals surface area contributed by atoms with Crippen molar-refractivity contribution in [2.24, 2.45) is 0 Å². The van der Waals surface area contributed by atoms with Crippen LogP contribution in [0.15, 0.2) is 11.5 Å². The molecule has 0 aromatic carbocycles. The zero-order chi connectivity index (χ0) is 11.1. The Morgan fingerprint density at radius 1 is 1.19 bits per heavy atom. The molecule has 1 fully saturated rings. The Kier molecular flexibility index (Phi) is 4.66. The fourth-order valence-electron chi connectivity index (χ4n) is 1.79. The van der Waals surface area contributed by atoms with Crippen molar-refractivity contribution in [1.82, 2.24) is 0 Å². The summed E-state index contributed by atoms with van der Waals surface area (Å²) >= 11 is 0. The molecule has 2 aliphatic heterocycles. The first-order valence-electron chi connectivity index (χ1n) is 5.60. The molecule has 0 aromatic rings. The van der Waals surface area contributed by atoms with Crippen LogP contribution in [0.2, 0.25) is 0 Å². The summed E-state index contributed by atoms with van der Waals surface area (Å²) in [5.41, 5.74) is 0.795. The van der Waals surface area contributed by atoms with E-state index in [4.69, 9.17) is 9.31 Å². The second kappa shape index (κ2) is 5.08. The van der Waals surface area contributed by atoms with Crippen LogP contribution in [0.3, 0.4) is 0 Å². The second-order valence-electron chi connectivity index (χ2n) is 5.25. The van der Waals surface area contributed by atoms with Crippen molar-refractivity contribution < 1.29 is 36.6 Å². The van der Waals surface area contributed by atoms with Crippen LogP contribution < -0.4 is 0 Å². The topological polar surface area (TPSA) is 32.6 Å². The molecule has 16 heavy (non-hydrogen) atoms. The van der Waals surface area contributed by atoms with Crippen molar-refractivity contribution in [2.75, 3.05) is 13.1 Å². The normalized spacial score (nSPS) is 27.2. The van der Waals surface area contributed by atoms with E-state index >= 15 is 0 Å². The molecule has 0 aromatic heterocycles. The monoisotopic (exact) mass is 322 g/mol. The molecule has 0 unspecified atom stereocenters. The molecule has 0 amide bonds. The van der Waals surface area contributed by atoms with Gasteiger partial charge in [0.2, 0.25) is 0 Å². The van der Waals surface area contributed by atoms with Crippen molar-refractivity contribution in [2.45, 2.75) is 45.3 Å². The second-order valence-corrected chi connectivity index (χ2v) is 5.25. The first kappa shape index (κ1) is 14.7. The fourth-order valence-corrected chi connectivity index (χ4v) is 1.79. The Balaban J connectivity index is 0.00000128. The third kappa shape index (κ3) is 2.71. The summed E-state index contributed by atoms with van der Waals surface area (Å²) in [6.07, 6.45) is 3.10. The summed E-state index contributed by atoms with van der Waals surface area (Å²) in [5, 5.41) is 4.28. The van der Waals surface area contributed by atoms with Crippen molar-refractivity contribution in [3.8, 4) is 0 Å². The van der Waals surface area contributed by atoms with Crippen molar-refractivity contribution in [3.05, 3.63) is 16.9 Å². The molecule has 0 saturated carbocycles. The third-order valence-electron chi connectivity index (χ3n) is 3.60. The van der Waals surface area contributed by atoms with E-state index in [9.17, 15) is 0 Å². The maximum atomic E-state index is 5.97. The van der Waals surface area contributed by atoms with E-state index in [0.717, 1.165) is 19.5 Å². The summed E-state index contributed by atoms with van der Waals surface area (Å²) in [6, 6.07) is 0. The predicted molar refractivity (Wildman–Crippen MR) is 61.9 cm³/mol. The number of rotatable bonds is 1. The summed E-state index contributed by atoms with van der Waals surface area (Å²) < 4.78 is 11.9. The zero-order valence-electron chi connectivity index (χ0n) is 10.7. The van der Waals surface area contributed by atoms with Crippen LogP contribution in [-0.2, 0) is 36.6 Å². The van der Waals surface area contributed by atoms with Crippen molar-refractivity contribution in [3.63, 3.8) is 0 Å². The minimum atomic E-state index is -0.229. The van der Waals surface area contributed by atoms with Gasteiger partial charge in [-0.3, -0.25) is 0 Å². The Labute approximate surface area is 119 Å². The first-order valence-corrected chi connectivity index (χ1v) is 5.60. The van der Waals surface area contributed by atoms with Crippen LogP contribution in [-0.4, -0.2) is 31.4 Å². The predicted octanol–water partition coefficient (Wildman–Crippen LogP) is 2.32. The van der Waals surface area contributed by atoms with E-state index in [1.165, 1.54) is 5.47 Å². The SMILES string of the molecule is CC1(C)OB(C2=CC[N-]CC2)OC1(C)C.[Cd]. The molecular weight excluding hydrogens is 301 g/mol. The quantitative estimate of drug-likeness (QED) is 0.695. The third-order valence-corrected chi connectivity index (χ3v) is 3.60. The molecular formula is C11H19BCdNO2-. The molecule has 5 heteroatoms. The smallest absolute Gasteiger partial charge is 0.490 e. The standard InChI is InChI=1S/C11H19BNO2.Cd/c1-10(2)11(3,4)15-12(14-10)9-5-7-13-8-6-9;/h5H,6-8H2,1-4H3;/q-1;. The van der Waals surface area contributed by atoms with Gasteiger partial charge in [0.25, 0.3) is 0 Å². The van der Waals surface area contributed by atoms with E-state index in [0.29, 0.717) is 0 Å². The van der Waals surface area contributed by atoms with Gasteiger partial charge < -0.3 is 14.6 Å². The summed E-state index contributed by atoms with van der Waals surface area (Å²) in [7, 11) is -0.162. The van der Waals surface area contributed by atoms with Gasteiger partial charge in [-0.25, -0.2) is 0 Å². The molecule has 86 valence electrons.